The zero-order chi connectivity index (χ0) is 17.5. The van der Waals surface area contributed by atoms with Crippen LogP contribution in [0.2, 0.25) is 0 Å². The molecule has 0 atom stereocenters. The molecule has 23 heavy (non-hydrogen) atoms. The maximum absolute atomic E-state index is 5.73. The molecule has 0 N–H and O–H groups in total. The lowest BCUT2D eigenvalue weighted by Gasteiger charge is -2.29. The molecule has 0 aliphatic rings. The zero-order valence-corrected chi connectivity index (χ0v) is 17.5. The van der Waals surface area contributed by atoms with Gasteiger partial charge in [-0.2, -0.15) is 0 Å². The van der Waals surface area contributed by atoms with E-state index in [0.717, 1.165) is 42.6 Å². The van der Waals surface area contributed by atoms with E-state index in [0.29, 0.717) is 0 Å². The summed E-state index contributed by atoms with van der Waals surface area (Å²) in [7, 11) is 0. The number of rotatable bonds is 14. The van der Waals surface area contributed by atoms with Crippen LogP contribution in [0.3, 0.4) is 0 Å². The van der Waals surface area contributed by atoms with Gasteiger partial charge in [0.15, 0.2) is 0 Å². The molecule has 0 aromatic heterocycles. The van der Waals surface area contributed by atoms with E-state index >= 15 is 0 Å². The first-order valence-corrected chi connectivity index (χ1v) is 10.5. The van der Waals surface area contributed by atoms with Gasteiger partial charge in [-0.25, -0.2) is 0 Å². The van der Waals surface area contributed by atoms with Crippen molar-refractivity contribution in [2.45, 2.75) is 85.5 Å². The van der Waals surface area contributed by atoms with Crippen LogP contribution >= 0.6 is 24.4 Å². The van der Waals surface area contributed by atoms with E-state index in [-0.39, 0.29) is 0 Å². The average Bonchev–Trinajstić information content (AvgIpc) is 2.54. The van der Waals surface area contributed by atoms with Gasteiger partial charge in [-0.15, -0.1) is 0 Å². The Morgan fingerprint density at radius 2 is 0.826 bits per heavy atom. The van der Waals surface area contributed by atoms with E-state index in [1.165, 1.54) is 51.4 Å². The minimum atomic E-state index is 0.783. The predicted octanol–water partition coefficient (Wildman–Crippen LogP) is 5.84. The van der Waals surface area contributed by atoms with Gasteiger partial charge in [0.05, 0.1) is 9.98 Å². The van der Waals surface area contributed by atoms with Crippen LogP contribution < -0.4 is 0 Å². The van der Waals surface area contributed by atoms with Crippen molar-refractivity contribution >= 4 is 34.4 Å². The number of unbranched alkanes of at least 4 members (excludes halogenated alkanes) is 4. The molecular formula is C19H38N2S2. The van der Waals surface area contributed by atoms with Crippen molar-refractivity contribution in [3.05, 3.63) is 0 Å². The summed E-state index contributed by atoms with van der Waals surface area (Å²) >= 11 is 11.5. The molecule has 0 bridgehead atoms. The molecule has 2 nitrogen and oxygen atoms in total. The minimum absolute atomic E-state index is 0.783. The van der Waals surface area contributed by atoms with Gasteiger partial charge in [0, 0.05) is 32.6 Å². The second-order valence-corrected chi connectivity index (χ2v) is 7.30. The highest BCUT2D eigenvalue weighted by Crippen LogP contribution is 2.09. The van der Waals surface area contributed by atoms with E-state index in [2.05, 4.69) is 37.5 Å². The zero-order valence-electron chi connectivity index (χ0n) is 15.9. The average molecular weight is 359 g/mol. The van der Waals surface area contributed by atoms with E-state index < -0.39 is 0 Å². The molecule has 0 rings (SSSR count). The number of thiocarbonyl (C=S) groups is 2. The van der Waals surface area contributed by atoms with Crippen LogP contribution in [-0.2, 0) is 0 Å². The second-order valence-electron chi connectivity index (χ2n) is 6.35. The Bertz CT molecular complexity index is 272. The molecule has 0 aliphatic carbocycles. The molecule has 4 heteroatoms. The molecular weight excluding hydrogens is 320 g/mol. The highest BCUT2D eigenvalue weighted by molar-refractivity contribution is 7.82. The van der Waals surface area contributed by atoms with Crippen LogP contribution in [0.25, 0.3) is 0 Å². The van der Waals surface area contributed by atoms with Crippen molar-refractivity contribution in [2.75, 3.05) is 26.2 Å². The van der Waals surface area contributed by atoms with Gasteiger partial charge in [0.2, 0.25) is 0 Å². The first-order valence-electron chi connectivity index (χ1n) is 9.66. The van der Waals surface area contributed by atoms with Crippen LogP contribution in [0.1, 0.15) is 85.5 Å². The maximum atomic E-state index is 5.73. The largest absolute Gasteiger partial charge is 0.366 e. The number of hydrogen-bond donors (Lipinski definition) is 0. The Kier molecular flexibility index (Phi) is 15.2. The first kappa shape index (κ1) is 22.8. The van der Waals surface area contributed by atoms with Crippen LogP contribution in [-0.4, -0.2) is 46.0 Å². The van der Waals surface area contributed by atoms with Gasteiger partial charge < -0.3 is 9.80 Å². The van der Waals surface area contributed by atoms with Crippen molar-refractivity contribution in [2.24, 2.45) is 0 Å². The van der Waals surface area contributed by atoms with Crippen molar-refractivity contribution in [1.29, 1.82) is 0 Å². The molecule has 0 radical (unpaired) electrons. The standard InChI is InChI=1S/C19H38N2S2/c1-5-9-13-20(14-10-6-2)18(22)17-19(23)21(15-11-7-3)16-12-8-4/h5-17H2,1-4H3. The van der Waals surface area contributed by atoms with Crippen LogP contribution in [0.5, 0.6) is 0 Å². The summed E-state index contributed by atoms with van der Waals surface area (Å²) in [4.78, 5) is 6.89. The lowest BCUT2D eigenvalue weighted by molar-refractivity contribution is 0.388. The highest BCUT2D eigenvalue weighted by Gasteiger charge is 2.15. The minimum Gasteiger partial charge on any atom is -0.366 e. The summed E-state index contributed by atoms with van der Waals surface area (Å²) in [5, 5.41) is 0. The molecule has 0 heterocycles. The Balaban J connectivity index is 4.58. The van der Waals surface area contributed by atoms with E-state index in [4.69, 9.17) is 24.4 Å². The molecule has 0 fully saturated rings. The van der Waals surface area contributed by atoms with E-state index in [9.17, 15) is 0 Å². The van der Waals surface area contributed by atoms with Crippen LogP contribution in [0.4, 0.5) is 0 Å². The Morgan fingerprint density at radius 1 is 0.565 bits per heavy atom. The molecule has 136 valence electrons. The van der Waals surface area contributed by atoms with Gasteiger partial charge in [-0.05, 0) is 25.7 Å². The summed E-state index contributed by atoms with van der Waals surface area (Å²) in [6.45, 7) is 13.3. The first-order chi connectivity index (χ1) is 11.1. The fourth-order valence-corrected chi connectivity index (χ4v) is 3.20. The molecule has 0 spiro atoms. The monoisotopic (exact) mass is 358 g/mol. The Hall–Kier alpha value is -0.220. The quantitative estimate of drug-likeness (QED) is 0.360. The fourth-order valence-electron chi connectivity index (χ4n) is 2.47. The third-order valence-corrected chi connectivity index (χ3v) is 4.94. The lowest BCUT2D eigenvalue weighted by atomic mass is 10.2. The van der Waals surface area contributed by atoms with E-state index in [1.54, 1.807) is 0 Å². The topological polar surface area (TPSA) is 6.48 Å². The second kappa shape index (κ2) is 15.3. The van der Waals surface area contributed by atoms with Crippen molar-refractivity contribution in [3.8, 4) is 0 Å². The van der Waals surface area contributed by atoms with Gasteiger partial charge in [0.1, 0.15) is 0 Å². The summed E-state index contributed by atoms with van der Waals surface area (Å²) in [5.74, 6) is 0. The molecule has 0 aromatic carbocycles. The molecule has 0 unspecified atom stereocenters. The van der Waals surface area contributed by atoms with Gasteiger partial charge in [0.25, 0.3) is 0 Å². The van der Waals surface area contributed by atoms with Crippen LogP contribution in [0, 0.1) is 0 Å². The van der Waals surface area contributed by atoms with Gasteiger partial charge >= 0.3 is 0 Å². The summed E-state index contributed by atoms with van der Waals surface area (Å²) in [5.41, 5.74) is 0. The van der Waals surface area contributed by atoms with E-state index in [1.807, 2.05) is 0 Å². The fraction of sp³-hybridized carbons (Fsp3) is 0.895. The lowest BCUT2D eigenvalue weighted by Crippen LogP contribution is -2.38. The molecule has 0 saturated heterocycles. The van der Waals surface area contributed by atoms with Crippen LogP contribution in [0.15, 0.2) is 0 Å². The van der Waals surface area contributed by atoms with Crippen molar-refractivity contribution in [1.82, 2.24) is 9.80 Å². The van der Waals surface area contributed by atoms with Gasteiger partial charge in [-0.1, -0.05) is 77.8 Å². The SMILES string of the molecule is CCCCN(CCCC)C(=S)CC(=S)N(CCCC)CCCC. The van der Waals surface area contributed by atoms with Crippen molar-refractivity contribution < 1.29 is 0 Å². The molecule has 0 aromatic rings. The molecule has 0 aliphatic heterocycles. The Morgan fingerprint density at radius 3 is 1.04 bits per heavy atom. The van der Waals surface area contributed by atoms with Crippen molar-refractivity contribution in [3.63, 3.8) is 0 Å². The molecule has 0 amide bonds. The maximum Gasteiger partial charge on any atom is 0.0847 e. The molecule has 0 saturated carbocycles. The Labute approximate surface area is 156 Å². The van der Waals surface area contributed by atoms with Gasteiger partial charge in [-0.3, -0.25) is 0 Å². The smallest absolute Gasteiger partial charge is 0.0847 e. The number of nitrogens with zero attached hydrogens (tertiary/aromatic N) is 2. The summed E-state index contributed by atoms with van der Waals surface area (Å²) < 4.78 is 0. The summed E-state index contributed by atoms with van der Waals surface area (Å²) in [6, 6.07) is 0. The highest BCUT2D eigenvalue weighted by atomic mass is 32.1. The predicted molar refractivity (Wildman–Crippen MR) is 113 cm³/mol. The number of hydrogen-bond acceptors (Lipinski definition) is 2. The third kappa shape index (κ3) is 11.0. The normalized spacial score (nSPS) is 10.6. The third-order valence-electron chi connectivity index (χ3n) is 4.13. The summed E-state index contributed by atoms with van der Waals surface area (Å²) in [6.07, 6.45) is 10.5.